The topological polar surface area (TPSA) is 39.3 Å². The van der Waals surface area contributed by atoms with Crippen molar-refractivity contribution in [3.8, 4) is 5.75 Å². The Morgan fingerprint density at radius 2 is 1.59 bits per heavy atom. The molecule has 1 atom stereocenters. The lowest BCUT2D eigenvalue weighted by Gasteiger charge is -2.39. The molecule has 2 aromatic carbocycles. The van der Waals surface area contributed by atoms with Crippen molar-refractivity contribution in [1.82, 2.24) is 9.80 Å². The van der Waals surface area contributed by atoms with Crippen LogP contribution < -0.4 is 14.5 Å². The van der Waals surface area contributed by atoms with Crippen LogP contribution >= 0.6 is 0 Å². The number of carbonyl (C=O) groups excluding carboxylic acids is 1. The van der Waals surface area contributed by atoms with E-state index in [-0.39, 0.29) is 6.04 Å². The Labute approximate surface area is 224 Å². The maximum atomic E-state index is 12.5. The van der Waals surface area contributed by atoms with E-state index in [1.165, 1.54) is 48.2 Å². The smallest absolute Gasteiger partial charge is 0.141 e. The molecular formula is C31H46N4O2. The second kappa shape index (κ2) is 13.3. The molecule has 4 rings (SSSR count). The van der Waals surface area contributed by atoms with Crippen molar-refractivity contribution >= 4 is 17.7 Å². The Balaban J connectivity index is 1.55. The summed E-state index contributed by atoms with van der Waals surface area (Å²) in [6.07, 6.45) is 6.83. The van der Waals surface area contributed by atoms with Crippen LogP contribution in [0.4, 0.5) is 11.4 Å². The predicted molar refractivity (Wildman–Crippen MR) is 154 cm³/mol. The number of rotatable bonds is 12. The SMILES string of the molecule is CCCCN(CCCC)c1ccc([C@@H](C=O)N2CCc3c(OC)ccc(N4CCN(C)CC4)c3C2)cc1. The first-order chi connectivity index (χ1) is 18.1. The Morgan fingerprint density at radius 1 is 0.919 bits per heavy atom. The van der Waals surface area contributed by atoms with Crippen molar-refractivity contribution < 1.29 is 9.53 Å². The number of likely N-dealkylation sites (N-methyl/N-ethyl adjacent to an activating group) is 1. The molecular weight excluding hydrogens is 460 g/mol. The first-order valence-electron chi connectivity index (χ1n) is 14.3. The van der Waals surface area contributed by atoms with Crippen LogP contribution in [-0.4, -0.2) is 76.1 Å². The Kier molecular flexibility index (Phi) is 9.87. The van der Waals surface area contributed by atoms with Crippen LogP contribution in [0.2, 0.25) is 0 Å². The lowest BCUT2D eigenvalue weighted by Crippen LogP contribution is -2.45. The maximum absolute atomic E-state index is 12.5. The van der Waals surface area contributed by atoms with Crippen molar-refractivity contribution in [1.29, 1.82) is 0 Å². The highest BCUT2D eigenvalue weighted by Crippen LogP contribution is 2.38. The number of unbranched alkanes of at least 4 members (excludes halogenated alkanes) is 2. The quantitative estimate of drug-likeness (QED) is 0.371. The standard InChI is InChI=1S/C31H46N4O2/c1-5-7-16-33(17-8-6-2)26-11-9-25(10-12-26)30(24-36)35-18-15-27-28(23-35)29(13-14-31(27)37-4)34-21-19-32(3)20-22-34/h9-14,24,30H,5-8,15-23H2,1-4H3/t30-/m1/s1. The number of methoxy groups -OCH3 is 1. The minimum absolute atomic E-state index is 0.242. The van der Waals surface area contributed by atoms with Crippen LogP contribution in [0.5, 0.6) is 5.75 Å². The normalized spacial score (nSPS) is 17.4. The van der Waals surface area contributed by atoms with E-state index < -0.39 is 0 Å². The van der Waals surface area contributed by atoms with E-state index in [1.54, 1.807) is 7.11 Å². The highest BCUT2D eigenvalue weighted by molar-refractivity contribution is 5.65. The van der Waals surface area contributed by atoms with Crippen molar-refractivity contribution in [2.24, 2.45) is 0 Å². The molecule has 0 spiro atoms. The van der Waals surface area contributed by atoms with Gasteiger partial charge in [0.15, 0.2) is 0 Å². The summed E-state index contributed by atoms with van der Waals surface area (Å²) in [7, 11) is 3.95. The minimum atomic E-state index is -0.242. The van der Waals surface area contributed by atoms with Crippen LogP contribution in [0, 0.1) is 0 Å². The number of piperazine rings is 1. The van der Waals surface area contributed by atoms with E-state index >= 15 is 0 Å². The fraction of sp³-hybridized carbons (Fsp3) is 0.581. The zero-order valence-corrected chi connectivity index (χ0v) is 23.4. The summed E-state index contributed by atoms with van der Waals surface area (Å²) in [5.41, 5.74) is 6.27. The number of hydrogen-bond donors (Lipinski definition) is 0. The predicted octanol–water partition coefficient (Wildman–Crippen LogP) is 5.15. The second-order valence-corrected chi connectivity index (χ2v) is 10.6. The lowest BCUT2D eigenvalue weighted by molar-refractivity contribution is -0.113. The number of hydrogen-bond acceptors (Lipinski definition) is 6. The fourth-order valence-electron chi connectivity index (χ4n) is 5.75. The van der Waals surface area contributed by atoms with E-state index in [9.17, 15) is 4.79 Å². The van der Waals surface area contributed by atoms with E-state index in [0.717, 1.165) is 76.4 Å². The van der Waals surface area contributed by atoms with Gasteiger partial charge in [-0.05, 0) is 61.7 Å². The molecule has 0 N–H and O–H groups in total. The average Bonchev–Trinajstić information content (AvgIpc) is 2.94. The molecule has 6 nitrogen and oxygen atoms in total. The van der Waals surface area contributed by atoms with Gasteiger partial charge in [0, 0.05) is 69.3 Å². The summed E-state index contributed by atoms with van der Waals surface area (Å²) < 4.78 is 5.75. The molecule has 0 aromatic heterocycles. The average molecular weight is 507 g/mol. The highest BCUT2D eigenvalue weighted by Gasteiger charge is 2.30. The lowest BCUT2D eigenvalue weighted by atomic mass is 9.93. The van der Waals surface area contributed by atoms with Gasteiger partial charge in [-0.3, -0.25) is 4.90 Å². The summed E-state index contributed by atoms with van der Waals surface area (Å²) in [6, 6.07) is 12.9. The monoisotopic (exact) mass is 506 g/mol. The van der Waals surface area contributed by atoms with Gasteiger partial charge < -0.3 is 24.2 Å². The first-order valence-corrected chi connectivity index (χ1v) is 14.3. The zero-order chi connectivity index (χ0) is 26.2. The highest BCUT2D eigenvalue weighted by atomic mass is 16.5. The summed E-state index contributed by atoms with van der Waals surface area (Å²) in [6.45, 7) is 12.5. The summed E-state index contributed by atoms with van der Waals surface area (Å²) >= 11 is 0. The van der Waals surface area contributed by atoms with Crippen molar-refractivity contribution in [3.05, 3.63) is 53.1 Å². The Morgan fingerprint density at radius 3 is 2.19 bits per heavy atom. The van der Waals surface area contributed by atoms with Crippen LogP contribution in [0.15, 0.2) is 36.4 Å². The van der Waals surface area contributed by atoms with Gasteiger partial charge in [0.1, 0.15) is 12.0 Å². The molecule has 1 saturated heterocycles. The number of aldehydes is 1. The molecule has 0 bridgehead atoms. The van der Waals surface area contributed by atoms with E-state index in [0.29, 0.717) is 0 Å². The Bertz CT molecular complexity index is 993. The van der Waals surface area contributed by atoms with E-state index in [4.69, 9.17) is 4.74 Å². The third-order valence-corrected chi connectivity index (χ3v) is 8.12. The summed E-state index contributed by atoms with van der Waals surface area (Å²) in [5, 5.41) is 0. The molecule has 6 heteroatoms. The molecule has 0 unspecified atom stereocenters. The molecule has 2 aliphatic rings. The number of carbonyl (C=O) groups is 1. The van der Waals surface area contributed by atoms with Gasteiger partial charge in [-0.1, -0.05) is 38.8 Å². The molecule has 2 heterocycles. The van der Waals surface area contributed by atoms with Crippen LogP contribution in [0.3, 0.4) is 0 Å². The first kappa shape index (κ1) is 27.5. The summed E-state index contributed by atoms with van der Waals surface area (Å²) in [5.74, 6) is 0.971. The number of nitrogens with zero attached hydrogens (tertiary/aromatic N) is 4. The van der Waals surface area contributed by atoms with Gasteiger partial charge >= 0.3 is 0 Å². The number of anilines is 2. The van der Waals surface area contributed by atoms with Gasteiger partial charge in [0.2, 0.25) is 0 Å². The largest absolute Gasteiger partial charge is 0.496 e. The van der Waals surface area contributed by atoms with Crippen molar-refractivity contribution in [3.63, 3.8) is 0 Å². The minimum Gasteiger partial charge on any atom is -0.496 e. The number of benzene rings is 2. The maximum Gasteiger partial charge on any atom is 0.141 e. The van der Waals surface area contributed by atoms with Crippen molar-refractivity contribution in [2.75, 3.05) is 69.8 Å². The molecule has 202 valence electrons. The molecule has 0 amide bonds. The number of ether oxygens (including phenoxy) is 1. The van der Waals surface area contributed by atoms with Crippen molar-refractivity contribution in [2.45, 2.75) is 58.5 Å². The van der Waals surface area contributed by atoms with E-state index in [2.05, 4.69) is 76.9 Å². The molecule has 0 aliphatic carbocycles. The number of fused-ring (bicyclic) bond motifs is 1. The zero-order valence-electron chi connectivity index (χ0n) is 23.4. The molecule has 2 aliphatic heterocycles. The molecule has 2 aromatic rings. The third-order valence-electron chi connectivity index (χ3n) is 8.12. The van der Waals surface area contributed by atoms with Gasteiger partial charge in [-0.2, -0.15) is 0 Å². The molecule has 1 fully saturated rings. The van der Waals surface area contributed by atoms with Gasteiger partial charge in [-0.25, -0.2) is 0 Å². The Hall–Kier alpha value is -2.57. The van der Waals surface area contributed by atoms with Crippen LogP contribution in [0.25, 0.3) is 0 Å². The van der Waals surface area contributed by atoms with Gasteiger partial charge in [-0.15, -0.1) is 0 Å². The van der Waals surface area contributed by atoms with Gasteiger partial charge in [0.25, 0.3) is 0 Å². The summed E-state index contributed by atoms with van der Waals surface area (Å²) in [4.78, 5) is 22.2. The second-order valence-electron chi connectivity index (χ2n) is 10.6. The van der Waals surface area contributed by atoms with Crippen LogP contribution in [0.1, 0.15) is 62.3 Å². The van der Waals surface area contributed by atoms with E-state index in [1.807, 2.05) is 0 Å². The molecule has 0 radical (unpaired) electrons. The third kappa shape index (κ3) is 6.47. The molecule has 37 heavy (non-hydrogen) atoms. The fourth-order valence-corrected chi connectivity index (χ4v) is 5.75. The van der Waals surface area contributed by atoms with Crippen LogP contribution in [-0.2, 0) is 17.8 Å². The van der Waals surface area contributed by atoms with Gasteiger partial charge in [0.05, 0.1) is 13.2 Å². The molecule has 0 saturated carbocycles.